The molecule has 0 spiro atoms. The molecule has 2 aromatic rings. The number of pyridine rings is 1. The van der Waals surface area contributed by atoms with E-state index in [0.717, 1.165) is 11.3 Å². The number of hydrogen-bond donors (Lipinski definition) is 1. The first kappa shape index (κ1) is 18.4. The van der Waals surface area contributed by atoms with Gasteiger partial charge in [-0.25, -0.2) is 4.79 Å². The Morgan fingerprint density at radius 3 is 2.89 bits per heavy atom. The smallest absolute Gasteiger partial charge is 0.407 e. The van der Waals surface area contributed by atoms with Crippen molar-refractivity contribution in [3.8, 4) is 6.07 Å². The van der Waals surface area contributed by atoms with Gasteiger partial charge < -0.3 is 15.0 Å². The van der Waals surface area contributed by atoms with Crippen LogP contribution in [0.3, 0.4) is 0 Å². The molecule has 1 aromatic heterocycles. The lowest BCUT2D eigenvalue weighted by Gasteiger charge is -2.28. The van der Waals surface area contributed by atoms with Gasteiger partial charge in [-0.1, -0.05) is 30.3 Å². The molecule has 3 rings (SSSR count). The van der Waals surface area contributed by atoms with Crippen molar-refractivity contribution in [3.05, 3.63) is 64.5 Å². The maximum Gasteiger partial charge on any atom is 0.407 e. The SMILES string of the molecule is Cc1nc2c(cc1C#N)C(=O)N(CCNC(=O)OCc1ccccc1)CC2. The number of rotatable bonds is 5. The van der Waals surface area contributed by atoms with Crippen molar-refractivity contribution in [1.29, 1.82) is 5.26 Å². The molecule has 0 fully saturated rings. The number of aryl methyl sites for hydroxylation is 1. The minimum absolute atomic E-state index is 0.167. The van der Waals surface area contributed by atoms with E-state index in [4.69, 9.17) is 10.00 Å². The lowest BCUT2D eigenvalue weighted by Crippen LogP contribution is -2.43. The maximum absolute atomic E-state index is 12.6. The first-order chi connectivity index (χ1) is 13.1. The van der Waals surface area contributed by atoms with Crippen LogP contribution in [-0.4, -0.2) is 41.5 Å². The fourth-order valence-corrected chi connectivity index (χ4v) is 2.94. The quantitative estimate of drug-likeness (QED) is 0.877. The number of hydrogen-bond acceptors (Lipinski definition) is 5. The molecule has 2 amide bonds. The van der Waals surface area contributed by atoms with Crippen LogP contribution in [0, 0.1) is 18.3 Å². The zero-order valence-electron chi connectivity index (χ0n) is 15.1. The van der Waals surface area contributed by atoms with Gasteiger partial charge in [-0.2, -0.15) is 5.26 Å². The summed E-state index contributed by atoms with van der Waals surface area (Å²) in [6.07, 6.45) is 0.110. The van der Waals surface area contributed by atoms with E-state index in [2.05, 4.69) is 16.4 Å². The molecule has 0 unspecified atom stereocenters. The van der Waals surface area contributed by atoms with Gasteiger partial charge >= 0.3 is 6.09 Å². The highest BCUT2D eigenvalue weighted by atomic mass is 16.5. The molecular weight excluding hydrogens is 344 g/mol. The number of aromatic nitrogens is 1. The van der Waals surface area contributed by atoms with Crippen LogP contribution in [-0.2, 0) is 17.8 Å². The third-order valence-corrected chi connectivity index (χ3v) is 4.41. The van der Waals surface area contributed by atoms with Crippen molar-refractivity contribution in [2.45, 2.75) is 20.0 Å². The van der Waals surface area contributed by atoms with Crippen LogP contribution in [0.5, 0.6) is 0 Å². The number of fused-ring (bicyclic) bond motifs is 1. The highest BCUT2D eigenvalue weighted by molar-refractivity contribution is 5.96. The van der Waals surface area contributed by atoms with Gasteiger partial charge in [0, 0.05) is 26.1 Å². The Labute approximate surface area is 157 Å². The molecule has 1 aliphatic heterocycles. The lowest BCUT2D eigenvalue weighted by atomic mass is 10.0. The van der Waals surface area contributed by atoms with Gasteiger partial charge in [0.05, 0.1) is 22.5 Å². The van der Waals surface area contributed by atoms with E-state index in [0.29, 0.717) is 42.9 Å². The number of amides is 2. The Hall–Kier alpha value is -3.40. The molecule has 0 saturated carbocycles. The van der Waals surface area contributed by atoms with Crippen LogP contribution in [0.15, 0.2) is 36.4 Å². The number of carbonyl (C=O) groups is 2. The molecular formula is C20H20N4O3. The molecule has 27 heavy (non-hydrogen) atoms. The Morgan fingerprint density at radius 2 is 2.15 bits per heavy atom. The van der Waals surface area contributed by atoms with Crippen LogP contribution >= 0.6 is 0 Å². The van der Waals surface area contributed by atoms with Crippen molar-refractivity contribution < 1.29 is 14.3 Å². The summed E-state index contributed by atoms with van der Waals surface area (Å²) in [5.74, 6) is -0.167. The van der Waals surface area contributed by atoms with Crippen LogP contribution in [0.1, 0.15) is 32.9 Å². The van der Waals surface area contributed by atoms with Crippen molar-refractivity contribution in [1.82, 2.24) is 15.2 Å². The van der Waals surface area contributed by atoms with Gasteiger partial charge in [0.15, 0.2) is 0 Å². The molecule has 2 heterocycles. The second kappa shape index (κ2) is 8.32. The third kappa shape index (κ3) is 4.42. The molecule has 138 valence electrons. The number of ether oxygens (including phenoxy) is 1. The van der Waals surface area contributed by atoms with Crippen molar-refractivity contribution in [3.63, 3.8) is 0 Å². The molecule has 0 aliphatic carbocycles. The van der Waals surface area contributed by atoms with E-state index in [1.165, 1.54) is 0 Å². The number of nitrogens with one attached hydrogen (secondary N) is 1. The number of nitrogens with zero attached hydrogens (tertiary/aromatic N) is 3. The van der Waals surface area contributed by atoms with Gasteiger partial charge in [0.2, 0.25) is 0 Å². The number of benzene rings is 1. The molecule has 0 bridgehead atoms. The third-order valence-electron chi connectivity index (χ3n) is 4.41. The van der Waals surface area contributed by atoms with Crippen LogP contribution in [0.2, 0.25) is 0 Å². The summed E-state index contributed by atoms with van der Waals surface area (Å²) in [6.45, 7) is 3.16. The van der Waals surface area contributed by atoms with Crippen LogP contribution in [0.25, 0.3) is 0 Å². The van der Waals surface area contributed by atoms with Gasteiger partial charge in [-0.05, 0) is 18.6 Å². The Kier molecular flexibility index (Phi) is 5.67. The zero-order chi connectivity index (χ0) is 19.2. The first-order valence-corrected chi connectivity index (χ1v) is 8.73. The second-order valence-electron chi connectivity index (χ2n) is 6.26. The van der Waals surface area contributed by atoms with Gasteiger partial charge in [-0.3, -0.25) is 9.78 Å². The Balaban J connectivity index is 1.50. The molecule has 7 nitrogen and oxygen atoms in total. The lowest BCUT2D eigenvalue weighted by molar-refractivity contribution is 0.0735. The summed E-state index contributed by atoms with van der Waals surface area (Å²) < 4.78 is 5.14. The van der Waals surface area contributed by atoms with Gasteiger partial charge in [0.25, 0.3) is 5.91 Å². The minimum Gasteiger partial charge on any atom is -0.445 e. The van der Waals surface area contributed by atoms with Crippen molar-refractivity contribution in [2.24, 2.45) is 0 Å². The highest BCUT2D eigenvalue weighted by Crippen LogP contribution is 2.19. The molecule has 7 heteroatoms. The standard InChI is InChI=1S/C20H20N4O3/c1-14-16(12-21)11-17-18(23-14)7-9-24(19(17)25)10-8-22-20(26)27-13-15-5-3-2-4-6-15/h2-6,11H,7-10,13H2,1H3,(H,22,26). The summed E-state index contributed by atoms with van der Waals surface area (Å²) in [6, 6.07) is 13.1. The minimum atomic E-state index is -0.521. The number of nitriles is 1. The van der Waals surface area contributed by atoms with E-state index in [9.17, 15) is 9.59 Å². The predicted octanol–water partition coefficient (Wildman–Crippen LogP) is 2.19. The molecule has 1 aromatic carbocycles. The first-order valence-electron chi connectivity index (χ1n) is 8.73. The van der Waals surface area contributed by atoms with Gasteiger partial charge in [0.1, 0.15) is 12.7 Å². The monoisotopic (exact) mass is 364 g/mol. The van der Waals surface area contributed by atoms with E-state index in [1.54, 1.807) is 17.9 Å². The van der Waals surface area contributed by atoms with Crippen molar-refractivity contribution >= 4 is 12.0 Å². The second-order valence-corrected chi connectivity index (χ2v) is 6.26. The summed E-state index contributed by atoms with van der Waals surface area (Å²) in [5, 5.41) is 11.8. The average molecular weight is 364 g/mol. The summed E-state index contributed by atoms with van der Waals surface area (Å²) in [4.78, 5) is 30.4. The molecule has 0 radical (unpaired) electrons. The van der Waals surface area contributed by atoms with E-state index in [-0.39, 0.29) is 12.5 Å². The maximum atomic E-state index is 12.6. The fourth-order valence-electron chi connectivity index (χ4n) is 2.94. The molecule has 0 atom stereocenters. The predicted molar refractivity (Wildman–Crippen MR) is 97.9 cm³/mol. The Morgan fingerprint density at radius 1 is 1.37 bits per heavy atom. The number of carbonyl (C=O) groups excluding carboxylic acids is 2. The summed E-state index contributed by atoms with van der Waals surface area (Å²) in [5.41, 5.74) is 3.15. The average Bonchev–Trinajstić information content (AvgIpc) is 2.68. The molecule has 1 aliphatic rings. The molecule has 1 N–H and O–H groups in total. The summed E-state index contributed by atoms with van der Waals surface area (Å²) in [7, 11) is 0. The molecule has 0 saturated heterocycles. The fraction of sp³-hybridized carbons (Fsp3) is 0.300. The van der Waals surface area contributed by atoms with Gasteiger partial charge in [-0.15, -0.1) is 0 Å². The largest absolute Gasteiger partial charge is 0.445 e. The van der Waals surface area contributed by atoms with Crippen LogP contribution < -0.4 is 5.32 Å². The van der Waals surface area contributed by atoms with Crippen molar-refractivity contribution in [2.75, 3.05) is 19.6 Å². The Bertz CT molecular complexity index is 890. The topological polar surface area (TPSA) is 95.3 Å². The zero-order valence-corrected chi connectivity index (χ0v) is 15.1. The number of alkyl carbamates (subject to hydrolysis) is 1. The van der Waals surface area contributed by atoms with E-state index in [1.807, 2.05) is 30.3 Å². The van der Waals surface area contributed by atoms with E-state index >= 15 is 0 Å². The van der Waals surface area contributed by atoms with E-state index < -0.39 is 6.09 Å². The highest BCUT2D eigenvalue weighted by Gasteiger charge is 2.26. The van der Waals surface area contributed by atoms with Crippen LogP contribution in [0.4, 0.5) is 4.79 Å². The summed E-state index contributed by atoms with van der Waals surface area (Å²) >= 11 is 0. The normalized spacial score (nSPS) is 12.9.